The lowest BCUT2D eigenvalue weighted by Gasteiger charge is -2.09. The van der Waals surface area contributed by atoms with Crippen molar-refractivity contribution in [1.82, 2.24) is 20.1 Å². The van der Waals surface area contributed by atoms with Crippen LogP contribution in [0.3, 0.4) is 0 Å². The molecule has 2 N–H and O–H groups in total. The van der Waals surface area contributed by atoms with E-state index in [1.165, 1.54) is 6.33 Å². The first-order valence-corrected chi connectivity index (χ1v) is 9.13. The number of carbonyl (C=O) groups is 2. The van der Waals surface area contributed by atoms with E-state index in [2.05, 4.69) is 36.6 Å². The summed E-state index contributed by atoms with van der Waals surface area (Å²) in [5, 5.41) is 9.46. The lowest BCUT2D eigenvalue weighted by molar-refractivity contribution is -0.136. The maximum Gasteiger partial charge on any atom is 0.313 e. The largest absolute Gasteiger partial charge is 0.344 e. The molecule has 2 aromatic carbocycles. The van der Waals surface area contributed by atoms with Gasteiger partial charge in [0.25, 0.3) is 0 Å². The first-order chi connectivity index (χ1) is 13.0. The average Bonchev–Trinajstić information content (AvgIpc) is 3.16. The smallest absolute Gasteiger partial charge is 0.313 e. The summed E-state index contributed by atoms with van der Waals surface area (Å²) in [4.78, 5) is 27.9. The van der Waals surface area contributed by atoms with E-state index in [9.17, 15) is 9.59 Å². The number of rotatable bonds is 5. The minimum absolute atomic E-state index is 0.240. The van der Waals surface area contributed by atoms with Gasteiger partial charge in [-0.3, -0.25) is 9.59 Å². The minimum Gasteiger partial charge on any atom is -0.344 e. The van der Waals surface area contributed by atoms with Crippen molar-refractivity contribution in [2.45, 2.75) is 13.1 Å². The predicted molar refractivity (Wildman–Crippen MR) is 105 cm³/mol. The van der Waals surface area contributed by atoms with Gasteiger partial charge in [0.15, 0.2) is 0 Å². The van der Waals surface area contributed by atoms with Gasteiger partial charge in [-0.2, -0.15) is 5.10 Å². The number of hydrogen-bond acceptors (Lipinski definition) is 4. The van der Waals surface area contributed by atoms with Gasteiger partial charge < -0.3 is 10.6 Å². The molecule has 1 aromatic heterocycles. The molecule has 2 amide bonds. The molecule has 7 nitrogen and oxygen atoms in total. The first-order valence-electron chi connectivity index (χ1n) is 7.96. The summed E-state index contributed by atoms with van der Waals surface area (Å²) >= 11 is 9.31. The van der Waals surface area contributed by atoms with Gasteiger partial charge in [0.05, 0.1) is 17.3 Å². The predicted octanol–water partition coefficient (Wildman–Crippen LogP) is 3.00. The maximum absolute atomic E-state index is 12.0. The van der Waals surface area contributed by atoms with Crippen molar-refractivity contribution in [1.29, 1.82) is 0 Å². The number of amides is 2. The molecule has 0 aliphatic carbocycles. The molecule has 3 aromatic rings. The Balaban J connectivity index is 1.51. The first kappa shape index (κ1) is 19.1. The summed E-state index contributed by atoms with van der Waals surface area (Å²) in [7, 11) is 0. The standard InChI is InChI=1S/C18H15BrClN5O2/c19-14-5-6-16(15(20)7-14)24-18(27)17(26)22-8-12-1-3-13(4-2-12)9-25-11-21-10-23-25/h1-7,10-11H,8-9H2,(H,22,26)(H,24,27). The molecule has 0 aliphatic rings. The van der Waals surface area contributed by atoms with Crippen LogP contribution in [0.15, 0.2) is 59.6 Å². The van der Waals surface area contributed by atoms with E-state index in [1.54, 1.807) is 29.2 Å². The molecular weight excluding hydrogens is 434 g/mol. The van der Waals surface area contributed by atoms with Gasteiger partial charge in [0, 0.05) is 11.0 Å². The van der Waals surface area contributed by atoms with E-state index in [0.29, 0.717) is 17.3 Å². The molecule has 1 heterocycles. The lowest BCUT2D eigenvalue weighted by atomic mass is 10.1. The van der Waals surface area contributed by atoms with Gasteiger partial charge in [-0.25, -0.2) is 9.67 Å². The molecule has 9 heteroatoms. The third kappa shape index (κ3) is 5.38. The average molecular weight is 449 g/mol. The van der Waals surface area contributed by atoms with Gasteiger partial charge >= 0.3 is 11.8 Å². The van der Waals surface area contributed by atoms with E-state index in [-0.39, 0.29) is 6.54 Å². The Hall–Kier alpha value is -2.71. The second kappa shape index (κ2) is 8.79. The molecule has 27 heavy (non-hydrogen) atoms. The van der Waals surface area contributed by atoms with Crippen molar-refractivity contribution >= 4 is 45.0 Å². The maximum atomic E-state index is 12.0. The Bertz CT molecular complexity index is 945. The minimum atomic E-state index is -0.776. The number of hydrogen-bond donors (Lipinski definition) is 2. The number of anilines is 1. The normalized spacial score (nSPS) is 10.4. The molecule has 0 spiro atoms. The third-order valence-electron chi connectivity index (χ3n) is 3.67. The van der Waals surface area contributed by atoms with Crippen molar-refractivity contribution in [3.63, 3.8) is 0 Å². The van der Waals surface area contributed by atoms with Crippen LogP contribution in [-0.4, -0.2) is 26.6 Å². The molecule has 0 radical (unpaired) electrons. The number of aromatic nitrogens is 3. The van der Waals surface area contributed by atoms with Crippen LogP contribution in [0.5, 0.6) is 0 Å². The van der Waals surface area contributed by atoms with Crippen LogP contribution >= 0.6 is 27.5 Å². The van der Waals surface area contributed by atoms with E-state index in [0.717, 1.165) is 15.6 Å². The highest BCUT2D eigenvalue weighted by Gasteiger charge is 2.15. The zero-order chi connectivity index (χ0) is 19.2. The number of benzene rings is 2. The van der Waals surface area contributed by atoms with Crippen molar-refractivity contribution in [3.05, 3.63) is 75.7 Å². The zero-order valence-corrected chi connectivity index (χ0v) is 16.4. The molecule has 138 valence electrons. The second-order valence-corrected chi connectivity index (χ2v) is 6.99. The van der Waals surface area contributed by atoms with Crippen molar-refractivity contribution < 1.29 is 9.59 Å². The van der Waals surface area contributed by atoms with E-state index in [1.807, 2.05) is 24.3 Å². The summed E-state index contributed by atoms with van der Waals surface area (Å²) in [6.07, 6.45) is 3.13. The summed E-state index contributed by atoms with van der Waals surface area (Å²) in [5.74, 6) is -1.51. The topological polar surface area (TPSA) is 88.9 Å². The highest BCUT2D eigenvalue weighted by Crippen LogP contribution is 2.25. The Labute approximate surface area is 168 Å². The molecule has 0 fully saturated rings. The van der Waals surface area contributed by atoms with Crippen LogP contribution in [0.1, 0.15) is 11.1 Å². The molecule has 0 aliphatic heterocycles. The van der Waals surface area contributed by atoms with Crippen molar-refractivity contribution in [3.8, 4) is 0 Å². The van der Waals surface area contributed by atoms with Crippen LogP contribution in [0.4, 0.5) is 5.69 Å². The fourth-order valence-electron chi connectivity index (χ4n) is 2.30. The third-order valence-corrected chi connectivity index (χ3v) is 4.48. The highest BCUT2D eigenvalue weighted by molar-refractivity contribution is 9.10. The summed E-state index contributed by atoms with van der Waals surface area (Å²) < 4.78 is 2.50. The van der Waals surface area contributed by atoms with Gasteiger partial charge in [-0.15, -0.1) is 0 Å². The molecule has 0 saturated heterocycles. The molecule has 0 unspecified atom stereocenters. The van der Waals surface area contributed by atoms with Crippen LogP contribution < -0.4 is 10.6 Å². The molecule has 0 bridgehead atoms. The summed E-state index contributed by atoms with van der Waals surface area (Å²) in [6, 6.07) is 12.6. The quantitative estimate of drug-likeness (QED) is 0.587. The molecular formula is C18H15BrClN5O2. The highest BCUT2D eigenvalue weighted by atomic mass is 79.9. The Morgan fingerprint density at radius 3 is 2.48 bits per heavy atom. The van der Waals surface area contributed by atoms with Crippen LogP contribution in [0.25, 0.3) is 0 Å². The van der Waals surface area contributed by atoms with Crippen LogP contribution in [0, 0.1) is 0 Å². The van der Waals surface area contributed by atoms with Gasteiger partial charge in [0.2, 0.25) is 0 Å². The van der Waals surface area contributed by atoms with Gasteiger partial charge in [-0.05, 0) is 29.3 Å². The fourth-order valence-corrected chi connectivity index (χ4v) is 3.02. The Morgan fingerprint density at radius 2 is 1.81 bits per heavy atom. The van der Waals surface area contributed by atoms with E-state index >= 15 is 0 Å². The van der Waals surface area contributed by atoms with E-state index < -0.39 is 11.8 Å². The second-order valence-electron chi connectivity index (χ2n) is 5.67. The summed E-state index contributed by atoms with van der Waals surface area (Å²) in [6.45, 7) is 0.854. The fraction of sp³-hybridized carbons (Fsp3) is 0.111. The van der Waals surface area contributed by atoms with Crippen LogP contribution in [0.2, 0.25) is 5.02 Å². The van der Waals surface area contributed by atoms with Crippen molar-refractivity contribution in [2.75, 3.05) is 5.32 Å². The van der Waals surface area contributed by atoms with Crippen molar-refractivity contribution in [2.24, 2.45) is 0 Å². The molecule has 3 rings (SSSR count). The van der Waals surface area contributed by atoms with E-state index in [4.69, 9.17) is 11.6 Å². The number of carbonyl (C=O) groups excluding carboxylic acids is 2. The number of nitrogens with one attached hydrogen (secondary N) is 2. The summed E-state index contributed by atoms with van der Waals surface area (Å²) in [5.41, 5.74) is 2.30. The number of halogens is 2. The Kier molecular flexibility index (Phi) is 6.20. The van der Waals surface area contributed by atoms with Gasteiger partial charge in [0.1, 0.15) is 12.7 Å². The SMILES string of the molecule is O=C(NCc1ccc(Cn2cncn2)cc1)C(=O)Nc1ccc(Br)cc1Cl. The van der Waals surface area contributed by atoms with Gasteiger partial charge in [-0.1, -0.05) is 51.8 Å². The van der Waals surface area contributed by atoms with Crippen LogP contribution in [-0.2, 0) is 22.7 Å². The molecule has 0 atom stereocenters. The lowest BCUT2D eigenvalue weighted by Crippen LogP contribution is -2.35. The number of nitrogens with zero attached hydrogens (tertiary/aromatic N) is 3. The monoisotopic (exact) mass is 447 g/mol. The molecule has 0 saturated carbocycles. The zero-order valence-electron chi connectivity index (χ0n) is 14.0. The Morgan fingerprint density at radius 1 is 1.07 bits per heavy atom.